The van der Waals surface area contributed by atoms with Crippen molar-refractivity contribution in [2.24, 2.45) is 5.92 Å². The molecule has 6 heteroatoms. The lowest BCUT2D eigenvalue weighted by atomic mass is 9.97. The average molecular weight is 295 g/mol. The molecule has 0 amide bonds. The summed E-state index contributed by atoms with van der Waals surface area (Å²) in [5.41, 5.74) is 1.81. The largest absolute Gasteiger partial charge is 0.496 e. The van der Waals surface area contributed by atoms with Gasteiger partial charge in [-0.2, -0.15) is 0 Å². The number of carboxylic acids is 1. The maximum absolute atomic E-state index is 11.1. The maximum atomic E-state index is 11.1. The number of hydrogen-bond donors (Lipinski definition) is 2. The van der Waals surface area contributed by atoms with E-state index in [-0.39, 0.29) is 12.0 Å². The van der Waals surface area contributed by atoms with E-state index in [4.69, 9.17) is 19.3 Å². The molecule has 1 aromatic carbocycles. The smallest absolute Gasteiger partial charge is 0.307 e. The van der Waals surface area contributed by atoms with E-state index in [1.54, 1.807) is 21.3 Å². The standard InChI is InChI=1S/C15H21NO5/c1-19-8-10-5-14(21-3)11(6-13(10)20-2)12-4-9(7-16-12)15(17)18/h5-6,9,12,16H,4,7-8H2,1-3H3,(H,17,18). The average Bonchev–Trinajstić information content (AvgIpc) is 2.97. The second kappa shape index (κ2) is 6.78. The van der Waals surface area contributed by atoms with Crippen molar-refractivity contribution in [3.05, 3.63) is 23.3 Å². The lowest BCUT2D eigenvalue weighted by Crippen LogP contribution is -2.17. The molecule has 2 unspecified atom stereocenters. The van der Waals surface area contributed by atoms with Gasteiger partial charge in [-0.15, -0.1) is 0 Å². The van der Waals surface area contributed by atoms with E-state index in [1.807, 2.05) is 12.1 Å². The highest BCUT2D eigenvalue weighted by Gasteiger charge is 2.32. The van der Waals surface area contributed by atoms with E-state index in [0.29, 0.717) is 31.1 Å². The minimum atomic E-state index is -0.771. The molecule has 2 N–H and O–H groups in total. The third kappa shape index (κ3) is 3.28. The molecule has 116 valence electrons. The van der Waals surface area contributed by atoms with Crippen LogP contribution in [0.15, 0.2) is 12.1 Å². The summed E-state index contributed by atoms with van der Waals surface area (Å²) in [6.45, 7) is 0.890. The van der Waals surface area contributed by atoms with Gasteiger partial charge in [0.1, 0.15) is 11.5 Å². The first-order chi connectivity index (χ1) is 10.1. The van der Waals surface area contributed by atoms with Gasteiger partial charge in [0.15, 0.2) is 0 Å². The Labute approximate surface area is 124 Å². The van der Waals surface area contributed by atoms with Crippen LogP contribution in [0.4, 0.5) is 0 Å². The molecule has 1 aliphatic rings. The van der Waals surface area contributed by atoms with Crippen LogP contribution < -0.4 is 14.8 Å². The van der Waals surface area contributed by atoms with Crippen LogP contribution in [0.1, 0.15) is 23.6 Å². The Hall–Kier alpha value is -1.79. The first kappa shape index (κ1) is 15.6. The van der Waals surface area contributed by atoms with Crippen LogP contribution in [-0.2, 0) is 16.1 Å². The summed E-state index contributed by atoms with van der Waals surface area (Å²) in [6, 6.07) is 3.73. The Morgan fingerprint density at radius 1 is 1.29 bits per heavy atom. The summed E-state index contributed by atoms with van der Waals surface area (Å²) >= 11 is 0. The van der Waals surface area contributed by atoms with Crippen LogP contribution in [0, 0.1) is 5.92 Å². The van der Waals surface area contributed by atoms with E-state index in [0.717, 1.165) is 11.1 Å². The van der Waals surface area contributed by atoms with Gasteiger partial charge in [-0.05, 0) is 18.6 Å². The van der Waals surface area contributed by atoms with Crippen molar-refractivity contribution >= 4 is 5.97 Å². The number of rotatable bonds is 6. The number of methoxy groups -OCH3 is 3. The summed E-state index contributed by atoms with van der Waals surface area (Å²) in [5.74, 6) is 0.288. The van der Waals surface area contributed by atoms with E-state index >= 15 is 0 Å². The fraction of sp³-hybridized carbons (Fsp3) is 0.533. The summed E-state index contributed by atoms with van der Waals surface area (Å²) in [4.78, 5) is 11.1. The molecule has 1 saturated heterocycles. The van der Waals surface area contributed by atoms with Crippen molar-refractivity contribution in [1.82, 2.24) is 5.32 Å². The number of aliphatic carboxylic acids is 1. The van der Waals surface area contributed by atoms with E-state index in [9.17, 15) is 4.79 Å². The van der Waals surface area contributed by atoms with Gasteiger partial charge >= 0.3 is 5.97 Å². The molecule has 0 bridgehead atoms. The van der Waals surface area contributed by atoms with Crippen molar-refractivity contribution in [2.75, 3.05) is 27.9 Å². The summed E-state index contributed by atoms with van der Waals surface area (Å²) in [6.07, 6.45) is 0.540. The Morgan fingerprint density at radius 2 is 2.00 bits per heavy atom. The molecule has 1 heterocycles. The minimum Gasteiger partial charge on any atom is -0.496 e. The van der Waals surface area contributed by atoms with Crippen molar-refractivity contribution in [3.63, 3.8) is 0 Å². The zero-order chi connectivity index (χ0) is 15.4. The molecule has 0 spiro atoms. The topological polar surface area (TPSA) is 77.0 Å². The summed E-state index contributed by atoms with van der Waals surface area (Å²) in [7, 11) is 4.83. The predicted molar refractivity (Wildman–Crippen MR) is 76.7 cm³/mol. The number of ether oxygens (including phenoxy) is 3. The van der Waals surface area contributed by atoms with Crippen LogP contribution in [0.3, 0.4) is 0 Å². The van der Waals surface area contributed by atoms with Crippen molar-refractivity contribution in [2.45, 2.75) is 19.1 Å². The molecule has 1 fully saturated rings. The van der Waals surface area contributed by atoms with Crippen molar-refractivity contribution in [1.29, 1.82) is 0 Å². The molecular formula is C15H21NO5. The molecule has 1 aromatic rings. The van der Waals surface area contributed by atoms with Gasteiger partial charge in [0.05, 0.1) is 26.7 Å². The molecule has 21 heavy (non-hydrogen) atoms. The van der Waals surface area contributed by atoms with Gasteiger partial charge in [-0.1, -0.05) is 0 Å². The molecule has 0 radical (unpaired) electrons. The molecular weight excluding hydrogens is 274 g/mol. The summed E-state index contributed by atoms with van der Waals surface area (Å²) in [5, 5.41) is 12.3. The van der Waals surface area contributed by atoms with Gasteiger partial charge in [0.25, 0.3) is 0 Å². The second-order valence-corrected chi connectivity index (χ2v) is 5.07. The van der Waals surface area contributed by atoms with Crippen LogP contribution in [0.25, 0.3) is 0 Å². The highest BCUT2D eigenvalue weighted by molar-refractivity contribution is 5.71. The molecule has 6 nitrogen and oxygen atoms in total. The molecule has 0 aromatic heterocycles. The number of benzene rings is 1. The highest BCUT2D eigenvalue weighted by atomic mass is 16.5. The first-order valence-corrected chi connectivity index (χ1v) is 6.80. The van der Waals surface area contributed by atoms with Gasteiger partial charge in [-0.25, -0.2) is 0 Å². The predicted octanol–water partition coefficient (Wildman–Crippen LogP) is 1.59. The number of carboxylic acid groups (broad SMARTS) is 1. The normalized spacial score (nSPS) is 21.3. The van der Waals surface area contributed by atoms with Crippen LogP contribution >= 0.6 is 0 Å². The Balaban J connectivity index is 2.32. The van der Waals surface area contributed by atoms with Gasteiger partial charge in [0, 0.05) is 30.8 Å². The van der Waals surface area contributed by atoms with Crippen LogP contribution in [-0.4, -0.2) is 38.9 Å². The van der Waals surface area contributed by atoms with Gasteiger partial charge < -0.3 is 24.6 Å². The Bertz CT molecular complexity index is 517. The quantitative estimate of drug-likeness (QED) is 0.830. The first-order valence-electron chi connectivity index (χ1n) is 6.80. The third-order valence-corrected chi connectivity index (χ3v) is 3.79. The van der Waals surface area contributed by atoms with Crippen LogP contribution in [0.2, 0.25) is 0 Å². The fourth-order valence-corrected chi connectivity index (χ4v) is 2.69. The number of carbonyl (C=O) groups is 1. The molecule has 1 aliphatic heterocycles. The molecule has 2 rings (SSSR count). The monoisotopic (exact) mass is 295 g/mol. The molecule has 0 saturated carbocycles. The lowest BCUT2D eigenvalue weighted by molar-refractivity contribution is -0.141. The van der Waals surface area contributed by atoms with E-state index in [1.165, 1.54) is 0 Å². The summed E-state index contributed by atoms with van der Waals surface area (Å²) < 4.78 is 16.0. The number of nitrogens with one attached hydrogen (secondary N) is 1. The second-order valence-electron chi connectivity index (χ2n) is 5.07. The van der Waals surface area contributed by atoms with E-state index < -0.39 is 5.97 Å². The van der Waals surface area contributed by atoms with Gasteiger partial charge in [0.2, 0.25) is 0 Å². The van der Waals surface area contributed by atoms with Crippen LogP contribution in [0.5, 0.6) is 11.5 Å². The Kier molecular flexibility index (Phi) is 5.03. The lowest BCUT2D eigenvalue weighted by Gasteiger charge is -2.18. The van der Waals surface area contributed by atoms with Crippen molar-refractivity contribution < 1.29 is 24.1 Å². The third-order valence-electron chi connectivity index (χ3n) is 3.79. The maximum Gasteiger partial charge on any atom is 0.307 e. The van der Waals surface area contributed by atoms with Gasteiger partial charge in [-0.3, -0.25) is 4.79 Å². The zero-order valence-corrected chi connectivity index (χ0v) is 12.5. The van der Waals surface area contributed by atoms with E-state index in [2.05, 4.69) is 5.32 Å². The SMILES string of the molecule is COCc1cc(OC)c(C2CC(C(=O)O)CN2)cc1OC. The minimum absolute atomic E-state index is 0.0495. The molecule has 2 atom stereocenters. The molecule has 0 aliphatic carbocycles. The number of hydrogen-bond acceptors (Lipinski definition) is 5. The zero-order valence-electron chi connectivity index (χ0n) is 12.5. The Morgan fingerprint density at radius 3 is 2.52 bits per heavy atom. The van der Waals surface area contributed by atoms with Crippen molar-refractivity contribution in [3.8, 4) is 11.5 Å². The fourth-order valence-electron chi connectivity index (χ4n) is 2.69. The highest BCUT2D eigenvalue weighted by Crippen LogP contribution is 2.37.